The Morgan fingerprint density at radius 1 is 0.944 bits per heavy atom. The van der Waals surface area contributed by atoms with Gasteiger partial charge in [-0.1, -0.05) is 54.2 Å². The molecule has 0 aliphatic carbocycles. The van der Waals surface area contributed by atoms with Gasteiger partial charge in [-0.3, -0.25) is 14.5 Å². The molecule has 0 aromatic heterocycles. The second-order valence-electron chi connectivity index (χ2n) is 8.79. The Morgan fingerprint density at radius 2 is 1.69 bits per heavy atom. The van der Waals surface area contributed by atoms with Gasteiger partial charge in [0.15, 0.2) is 5.17 Å². The number of rotatable bonds is 5. The van der Waals surface area contributed by atoms with Crippen LogP contribution in [0.4, 0.5) is 10.1 Å². The summed E-state index contributed by atoms with van der Waals surface area (Å²) in [6.45, 7) is 1.61. The third-order valence-electron chi connectivity index (χ3n) is 6.20. The van der Waals surface area contributed by atoms with E-state index in [-0.39, 0.29) is 17.6 Å². The van der Waals surface area contributed by atoms with Crippen molar-refractivity contribution in [3.63, 3.8) is 0 Å². The van der Waals surface area contributed by atoms with E-state index in [4.69, 9.17) is 0 Å². The maximum absolute atomic E-state index is 13.6. The number of anilines is 1. The van der Waals surface area contributed by atoms with Crippen molar-refractivity contribution in [2.75, 3.05) is 18.0 Å². The van der Waals surface area contributed by atoms with Gasteiger partial charge in [0, 0.05) is 24.4 Å². The van der Waals surface area contributed by atoms with E-state index in [1.807, 2.05) is 59.5 Å². The number of hydrogen-bond acceptors (Lipinski definition) is 4. The highest BCUT2D eigenvalue weighted by atomic mass is 32.2. The first-order valence-corrected chi connectivity index (χ1v) is 13.0. The van der Waals surface area contributed by atoms with Gasteiger partial charge in [-0.15, -0.1) is 0 Å². The molecule has 0 atom stereocenters. The van der Waals surface area contributed by atoms with Crippen LogP contribution < -0.4 is 4.90 Å². The molecule has 3 aromatic rings. The molecule has 2 heterocycles. The van der Waals surface area contributed by atoms with Crippen molar-refractivity contribution >= 4 is 40.5 Å². The summed E-state index contributed by atoms with van der Waals surface area (Å²) in [7, 11) is 0. The lowest BCUT2D eigenvalue weighted by molar-refractivity contribution is -0.113. The van der Waals surface area contributed by atoms with Crippen LogP contribution in [0.15, 0.2) is 89.6 Å². The first-order valence-electron chi connectivity index (χ1n) is 12.0. The molecule has 2 aliphatic heterocycles. The van der Waals surface area contributed by atoms with Crippen molar-refractivity contribution in [3.05, 3.63) is 107 Å². The van der Waals surface area contributed by atoms with E-state index in [1.165, 1.54) is 35.2 Å². The fourth-order valence-electron chi connectivity index (χ4n) is 4.34. The molecule has 2 amide bonds. The second kappa shape index (κ2) is 10.9. The lowest BCUT2D eigenvalue weighted by Gasteiger charge is -2.26. The van der Waals surface area contributed by atoms with E-state index in [0.29, 0.717) is 27.9 Å². The highest BCUT2D eigenvalue weighted by Crippen LogP contribution is 2.31. The van der Waals surface area contributed by atoms with Gasteiger partial charge in [0.2, 0.25) is 0 Å². The molecule has 0 unspecified atom stereocenters. The Hall–Kier alpha value is -3.71. The molecule has 0 N–H and O–H groups in total. The number of thioether (sulfide) groups is 1. The van der Waals surface area contributed by atoms with Crippen molar-refractivity contribution in [1.29, 1.82) is 0 Å². The molecule has 182 valence electrons. The van der Waals surface area contributed by atoms with Crippen LogP contribution in [0.25, 0.3) is 6.08 Å². The maximum Gasteiger partial charge on any atom is 0.283 e. The molecule has 5 rings (SSSR count). The van der Waals surface area contributed by atoms with E-state index >= 15 is 0 Å². The molecule has 0 radical (unpaired) electrons. The summed E-state index contributed by atoms with van der Waals surface area (Å²) in [5, 5.41) is 0.515. The molecule has 0 spiro atoms. The Morgan fingerprint density at radius 3 is 2.44 bits per heavy atom. The van der Waals surface area contributed by atoms with Crippen LogP contribution in [0.2, 0.25) is 0 Å². The van der Waals surface area contributed by atoms with Crippen LogP contribution in [0.5, 0.6) is 0 Å². The molecule has 5 nitrogen and oxygen atoms in total. The third kappa shape index (κ3) is 5.41. The van der Waals surface area contributed by atoms with Gasteiger partial charge in [0.1, 0.15) is 11.5 Å². The van der Waals surface area contributed by atoms with Crippen LogP contribution in [0, 0.1) is 5.82 Å². The number of amidine groups is 1. The Balaban J connectivity index is 1.38. The van der Waals surface area contributed by atoms with Gasteiger partial charge < -0.3 is 4.90 Å². The fourth-order valence-corrected chi connectivity index (χ4v) is 5.30. The molecule has 0 saturated carbocycles. The van der Waals surface area contributed by atoms with E-state index < -0.39 is 0 Å². The van der Waals surface area contributed by atoms with Crippen molar-refractivity contribution in [3.8, 4) is 0 Å². The average Bonchev–Trinajstić information content (AvgIpc) is 3.23. The summed E-state index contributed by atoms with van der Waals surface area (Å²) in [6.07, 6.45) is 5.03. The minimum Gasteiger partial charge on any atom is -0.339 e. The van der Waals surface area contributed by atoms with E-state index in [0.717, 1.165) is 37.1 Å². The first-order chi connectivity index (χ1) is 17.6. The third-order valence-corrected chi connectivity index (χ3v) is 7.21. The average molecular weight is 500 g/mol. The maximum atomic E-state index is 13.6. The van der Waals surface area contributed by atoms with Crippen LogP contribution in [0.1, 0.15) is 40.7 Å². The van der Waals surface area contributed by atoms with Gasteiger partial charge in [-0.05, 0) is 72.9 Å². The van der Waals surface area contributed by atoms with E-state index in [9.17, 15) is 14.0 Å². The summed E-state index contributed by atoms with van der Waals surface area (Å²) >= 11 is 1.41. The van der Waals surface area contributed by atoms with Crippen molar-refractivity contribution in [2.24, 2.45) is 4.99 Å². The number of piperidine rings is 1. The number of aliphatic imine (C=N–C) groups is 1. The Kier molecular flexibility index (Phi) is 7.28. The fraction of sp³-hybridized carbons (Fsp3) is 0.207. The highest BCUT2D eigenvalue weighted by Gasteiger charge is 2.32. The number of hydrogen-bond donors (Lipinski definition) is 0. The number of carbonyl (C=O) groups excluding carboxylic acids is 2. The second-order valence-corrected chi connectivity index (χ2v) is 9.74. The molecule has 36 heavy (non-hydrogen) atoms. The predicted molar refractivity (Wildman–Crippen MR) is 143 cm³/mol. The highest BCUT2D eigenvalue weighted by molar-refractivity contribution is 8.13. The first kappa shape index (κ1) is 24.0. The van der Waals surface area contributed by atoms with Crippen LogP contribution in [-0.4, -0.2) is 35.0 Å². The monoisotopic (exact) mass is 499 g/mol. The largest absolute Gasteiger partial charge is 0.339 e. The van der Waals surface area contributed by atoms with Crippen LogP contribution in [0.3, 0.4) is 0 Å². The lowest BCUT2D eigenvalue weighted by atomic mass is 10.1. The minimum atomic E-state index is -0.369. The van der Waals surface area contributed by atoms with Gasteiger partial charge in [0.25, 0.3) is 11.8 Å². The number of halogens is 1. The smallest absolute Gasteiger partial charge is 0.283 e. The molecule has 3 aromatic carbocycles. The van der Waals surface area contributed by atoms with Crippen molar-refractivity contribution in [2.45, 2.75) is 25.0 Å². The molecule has 1 saturated heterocycles. The van der Waals surface area contributed by atoms with E-state index in [1.54, 1.807) is 18.2 Å². The standard InChI is InChI=1S/C29H26FN3O2S/c30-24-12-14-25(15-13-24)33-28(35)26(19-21-8-3-1-4-9-21)31-29(33)36-20-22-10-7-11-23(18-22)27(34)32-16-5-2-6-17-32/h1,3-4,7-15,18-19H,2,5-6,16-17,20H2/b26-19-. The predicted octanol–water partition coefficient (Wildman–Crippen LogP) is 6.13. The molecule has 0 bridgehead atoms. The lowest BCUT2D eigenvalue weighted by Crippen LogP contribution is -2.35. The van der Waals surface area contributed by atoms with Gasteiger partial charge in [0.05, 0.1) is 5.69 Å². The zero-order chi connectivity index (χ0) is 24.9. The molecular weight excluding hydrogens is 473 g/mol. The molecule has 1 fully saturated rings. The number of carbonyl (C=O) groups is 2. The molecular formula is C29H26FN3O2S. The summed E-state index contributed by atoms with van der Waals surface area (Å²) < 4.78 is 13.6. The van der Waals surface area contributed by atoms with Crippen molar-refractivity contribution in [1.82, 2.24) is 4.90 Å². The van der Waals surface area contributed by atoms with E-state index in [2.05, 4.69) is 4.99 Å². The Bertz CT molecular complexity index is 1320. The Labute approximate surface area is 214 Å². The van der Waals surface area contributed by atoms with Gasteiger partial charge in [-0.2, -0.15) is 0 Å². The summed E-state index contributed by atoms with van der Waals surface area (Å²) in [5.41, 5.74) is 3.40. The molecule has 2 aliphatic rings. The molecule has 7 heteroatoms. The quantitative estimate of drug-likeness (QED) is 0.397. The summed E-state index contributed by atoms with van der Waals surface area (Å²) in [4.78, 5) is 34.3. The number of benzene rings is 3. The van der Waals surface area contributed by atoms with Crippen LogP contribution >= 0.6 is 11.8 Å². The number of amides is 2. The van der Waals surface area contributed by atoms with Gasteiger partial charge >= 0.3 is 0 Å². The SMILES string of the molecule is O=C(c1cccc(CSC2=N/C(=C\c3ccccc3)C(=O)N2c2ccc(F)cc2)c1)N1CCCCC1. The summed E-state index contributed by atoms with van der Waals surface area (Å²) in [6, 6.07) is 23.0. The van der Waals surface area contributed by atoms with Crippen molar-refractivity contribution < 1.29 is 14.0 Å². The van der Waals surface area contributed by atoms with Gasteiger partial charge in [-0.25, -0.2) is 9.38 Å². The zero-order valence-corrected chi connectivity index (χ0v) is 20.6. The minimum absolute atomic E-state index is 0.0657. The van der Waals surface area contributed by atoms with Crippen LogP contribution in [-0.2, 0) is 10.5 Å². The zero-order valence-electron chi connectivity index (χ0n) is 19.8. The number of nitrogens with zero attached hydrogens (tertiary/aromatic N) is 3. The number of likely N-dealkylation sites (tertiary alicyclic amines) is 1. The topological polar surface area (TPSA) is 53.0 Å². The normalized spacial score (nSPS) is 17.0. The summed E-state index contributed by atoms with van der Waals surface area (Å²) in [5.74, 6) is -0.0338.